The van der Waals surface area contributed by atoms with Crippen LogP contribution in [0.5, 0.6) is 0 Å². The minimum atomic E-state index is -0.139. The normalized spacial score (nSPS) is 26.0. The maximum Gasteiger partial charge on any atom is 0.246 e. The van der Waals surface area contributed by atoms with Crippen molar-refractivity contribution in [3.63, 3.8) is 0 Å². The van der Waals surface area contributed by atoms with E-state index in [1.165, 1.54) is 6.42 Å². The molecule has 29 heavy (non-hydrogen) atoms. The highest BCUT2D eigenvalue weighted by atomic mass is 16.2. The molecule has 2 atom stereocenters. The van der Waals surface area contributed by atoms with Gasteiger partial charge >= 0.3 is 0 Å². The molecule has 0 spiro atoms. The molecule has 154 valence electrons. The van der Waals surface area contributed by atoms with Crippen LogP contribution in [0.4, 0.5) is 5.69 Å². The van der Waals surface area contributed by atoms with Gasteiger partial charge in [-0.05, 0) is 61.3 Å². The van der Waals surface area contributed by atoms with Gasteiger partial charge in [0.15, 0.2) is 0 Å². The molecule has 7 nitrogen and oxygen atoms in total. The van der Waals surface area contributed by atoms with Crippen molar-refractivity contribution < 1.29 is 9.59 Å². The van der Waals surface area contributed by atoms with Crippen molar-refractivity contribution in [2.45, 2.75) is 51.2 Å². The first-order chi connectivity index (χ1) is 14.1. The van der Waals surface area contributed by atoms with Gasteiger partial charge in [-0.1, -0.05) is 18.6 Å². The summed E-state index contributed by atoms with van der Waals surface area (Å²) in [4.78, 5) is 24.9. The molecule has 7 heteroatoms. The summed E-state index contributed by atoms with van der Waals surface area (Å²) in [6, 6.07) is 9.63. The van der Waals surface area contributed by atoms with E-state index in [4.69, 9.17) is 5.73 Å². The highest BCUT2D eigenvalue weighted by Gasteiger charge is 2.40. The summed E-state index contributed by atoms with van der Waals surface area (Å²) < 4.78 is 1.57. The second-order valence-corrected chi connectivity index (χ2v) is 8.37. The molecule has 2 aromatic rings. The van der Waals surface area contributed by atoms with E-state index in [2.05, 4.69) is 15.7 Å². The fourth-order valence-corrected chi connectivity index (χ4v) is 4.84. The van der Waals surface area contributed by atoms with E-state index < -0.39 is 0 Å². The van der Waals surface area contributed by atoms with Crippen molar-refractivity contribution in [3.8, 4) is 0 Å². The molecular weight excluding hydrogens is 366 g/mol. The predicted octanol–water partition coefficient (Wildman–Crippen LogP) is 2.29. The number of carbonyl (C=O) groups is 2. The van der Waals surface area contributed by atoms with Gasteiger partial charge in [0.25, 0.3) is 0 Å². The Kier molecular flexibility index (Phi) is 5.94. The van der Waals surface area contributed by atoms with Crippen molar-refractivity contribution in [1.29, 1.82) is 0 Å². The van der Waals surface area contributed by atoms with Gasteiger partial charge in [0.05, 0.1) is 0 Å². The van der Waals surface area contributed by atoms with Crippen LogP contribution in [0.2, 0.25) is 0 Å². The average molecular weight is 396 g/mol. The Morgan fingerprint density at radius 3 is 2.69 bits per heavy atom. The van der Waals surface area contributed by atoms with E-state index in [0.717, 1.165) is 31.2 Å². The Labute approximate surface area is 171 Å². The second kappa shape index (κ2) is 8.78. The maximum absolute atomic E-state index is 12.7. The summed E-state index contributed by atoms with van der Waals surface area (Å²) in [6.45, 7) is 0.625. The zero-order valence-electron chi connectivity index (χ0n) is 16.6. The monoisotopic (exact) mass is 395 g/mol. The van der Waals surface area contributed by atoms with Gasteiger partial charge in [0.1, 0.15) is 6.54 Å². The Balaban J connectivity index is 1.29. The summed E-state index contributed by atoms with van der Waals surface area (Å²) in [5, 5.41) is 9.99. The van der Waals surface area contributed by atoms with Gasteiger partial charge in [-0.2, -0.15) is 5.10 Å². The molecule has 2 saturated carbocycles. The van der Waals surface area contributed by atoms with Crippen LogP contribution in [-0.4, -0.2) is 27.6 Å². The van der Waals surface area contributed by atoms with Crippen molar-refractivity contribution in [1.82, 2.24) is 15.1 Å². The summed E-state index contributed by atoms with van der Waals surface area (Å²) in [5.74, 6) is 1.04. The highest BCUT2D eigenvalue weighted by molar-refractivity contribution is 5.90. The lowest BCUT2D eigenvalue weighted by atomic mass is 9.65. The number of benzene rings is 1. The molecule has 2 fully saturated rings. The first-order valence-electron chi connectivity index (χ1n) is 10.5. The average Bonchev–Trinajstić information content (AvgIpc) is 3.19. The van der Waals surface area contributed by atoms with Crippen molar-refractivity contribution in [2.75, 3.05) is 5.32 Å². The standard InChI is InChI=1S/C22H29N5O2/c23-21-16-5-2-6-17(21)12-18(11-16)22(29)24-13-15-4-1-7-19(10-15)26-20(28)14-27-9-3-8-25-27/h1,3-4,7-10,16-18,21H,2,5-6,11-14,23H2,(H,24,29)(H,26,28). The van der Waals surface area contributed by atoms with E-state index in [9.17, 15) is 9.59 Å². The van der Waals surface area contributed by atoms with Crippen molar-refractivity contribution >= 4 is 17.5 Å². The summed E-state index contributed by atoms with van der Waals surface area (Å²) >= 11 is 0. The molecular formula is C22H29N5O2. The van der Waals surface area contributed by atoms with Crippen LogP contribution in [0.1, 0.15) is 37.7 Å². The third kappa shape index (κ3) is 4.85. The van der Waals surface area contributed by atoms with E-state index >= 15 is 0 Å². The molecule has 1 heterocycles. The molecule has 2 amide bonds. The second-order valence-electron chi connectivity index (χ2n) is 8.37. The number of nitrogens with two attached hydrogens (primary N) is 1. The van der Waals surface area contributed by atoms with Gasteiger partial charge in [0.2, 0.25) is 11.8 Å². The number of amides is 2. The smallest absolute Gasteiger partial charge is 0.246 e. The zero-order valence-corrected chi connectivity index (χ0v) is 16.6. The van der Waals surface area contributed by atoms with E-state index in [-0.39, 0.29) is 30.3 Å². The van der Waals surface area contributed by atoms with Crippen molar-refractivity contribution in [3.05, 3.63) is 48.3 Å². The Bertz CT molecular complexity index is 837. The molecule has 0 saturated heterocycles. The lowest BCUT2D eigenvalue weighted by molar-refractivity contribution is -0.128. The maximum atomic E-state index is 12.7. The van der Waals surface area contributed by atoms with Crippen LogP contribution < -0.4 is 16.4 Å². The summed E-state index contributed by atoms with van der Waals surface area (Å²) in [5.41, 5.74) is 8.01. The largest absolute Gasteiger partial charge is 0.352 e. The molecule has 2 aliphatic carbocycles. The third-order valence-corrected chi connectivity index (χ3v) is 6.33. The molecule has 0 radical (unpaired) electrons. The number of nitrogens with one attached hydrogen (secondary N) is 2. The lowest BCUT2D eigenvalue weighted by Gasteiger charge is -2.43. The number of anilines is 1. The number of nitrogens with zero attached hydrogens (tertiary/aromatic N) is 2. The minimum Gasteiger partial charge on any atom is -0.352 e. The quantitative estimate of drug-likeness (QED) is 0.698. The number of aromatic nitrogens is 2. The molecule has 1 aromatic carbocycles. The van der Waals surface area contributed by atoms with Gasteiger partial charge < -0.3 is 16.4 Å². The van der Waals surface area contributed by atoms with Gasteiger partial charge in [0, 0.05) is 36.6 Å². The van der Waals surface area contributed by atoms with Gasteiger partial charge in [-0.15, -0.1) is 0 Å². The van der Waals surface area contributed by atoms with Crippen LogP contribution in [0.3, 0.4) is 0 Å². The van der Waals surface area contributed by atoms with Crippen LogP contribution >= 0.6 is 0 Å². The molecule has 0 aliphatic heterocycles. The van der Waals surface area contributed by atoms with Gasteiger partial charge in [-0.3, -0.25) is 14.3 Å². The fourth-order valence-electron chi connectivity index (χ4n) is 4.84. The molecule has 2 bridgehead atoms. The predicted molar refractivity (Wildman–Crippen MR) is 111 cm³/mol. The lowest BCUT2D eigenvalue weighted by Crippen LogP contribution is -2.49. The first-order valence-corrected chi connectivity index (χ1v) is 10.5. The molecule has 2 unspecified atom stereocenters. The number of rotatable bonds is 6. The van der Waals surface area contributed by atoms with Crippen LogP contribution in [0, 0.1) is 17.8 Å². The molecule has 2 aliphatic rings. The van der Waals surface area contributed by atoms with Crippen LogP contribution in [0.25, 0.3) is 0 Å². The van der Waals surface area contributed by atoms with E-state index in [1.54, 1.807) is 23.1 Å². The first kappa shape index (κ1) is 19.6. The van der Waals surface area contributed by atoms with Crippen molar-refractivity contribution in [2.24, 2.45) is 23.5 Å². The summed E-state index contributed by atoms with van der Waals surface area (Å²) in [6.07, 6.45) is 8.77. The molecule has 4 rings (SSSR count). The number of hydrogen-bond acceptors (Lipinski definition) is 4. The van der Waals surface area contributed by atoms with Crippen LogP contribution in [0.15, 0.2) is 42.7 Å². The third-order valence-electron chi connectivity index (χ3n) is 6.33. The minimum absolute atomic E-state index is 0.0713. The number of fused-ring (bicyclic) bond motifs is 2. The van der Waals surface area contributed by atoms with Gasteiger partial charge in [-0.25, -0.2) is 0 Å². The van der Waals surface area contributed by atoms with Crippen LogP contribution in [-0.2, 0) is 22.7 Å². The highest BCUT2D eigenvalue weighted by Crippen LogP contribution is 2.41. The molecule has 1 aromatic heterocycles. The number of hydrogen-bond donors (Lipinski definition) is 3. The summed E-state index contributed by atoms with van der Waals surface area (Å²) in [7, 11) is 0. The zero-order chi connectivity index (χ0) is 20.2. The Morgan fingerprint density at radius 1 is 1.17 bits per heavy atom. The Morgan fingerprint density at radius 2 is 1.97 bits per heavy atom. The molecule has 4 N–H and O–H groups in total. The van der Waals surface area contributed by atoms with E-state index in [0.29, 0.717) is 24.1 Å². The SMILES string of the molecule is NC1C2CCCC1CC(C(=O)NCc1cccc(NC(=O)Cn3cccn3)c1)C2. The topological polar surface area (TPSA) is 102 Å². The van der Waals surface area contributed by atoms with E-state index in [1.807, 2.05) is 24.3 Å². The number of carbonyl (C=O) groups excluding carboxylic acids is 2. The Hall–Kier alpha value is -2.67. The fraction of sp³-hybridized carbons (Fsp3) is 0.500.